The van der Waals surface area contributed by atoms with Crippen LogP contribution >= 0.6 is 0 Å². The fourth-order valence-corrected chi connectivity index (χ4v) is 3.41. The van der Waals surface area contributed by atoms with Crippen LogP contribution < -0.4 is 15.0 Å². The highest BCUT2D eigenvalue weighted by molar-refractivity contribution is 5.68. The predicted molar refractivity (Wildman–Crippen MR) is 116 cm³/mol. The molecule has 2 aromatic heterocycles. The maximum absolute atomic E-state index is 12.5. The van der Waals surface area contributed by atoms with Crippen molar-refractivity contribution in [2.45, 2.75) is 19.6 Å². The molecule has 3 heterocycles. The maximum atomic E-state index is 12.5. The average Bonchev–Trinajstić information content (AvgIpc) is 2.80. The Labute approximate surface area is 181 Å². The van der Waals surface area contributed by atoms with E-state index in [0.29, 0.717) is 38.9 Å². The minimum atomic E-state index is -0.136. The quantitative estimate of drug-likeness (QED) is 0.583. The van der Waals surface area contributed by atoms with Crippen molar-refractivity contribution in [2.24, 2.45) is 7.05 Å². The number of pyridine rings is 2. The Morgan fingerprint density at radius 2 is 2.03 bits per heavy atom. The molecule has 0 aliphatic carbocycles. The third kappa shape index (κ3) is 5.31. The monoisotopic (exact) mass is 422 g/mol. The molecule has 0 unspecified atom stereocenters. The highest BCUT2D eigenvalue weighted by Crippen LogP contribution is 2.28. The molecule has 0 saturated carbocycles. The molecule has 1 atom stereocenters. The summed E-state index contributed by atoms with van der Waals surface area (Å²) >= 11 is 0. The number of ether oxygens (including phenoxy) is 4. The first-order valence-corrected chi connectivity index (χ1v) is 10.3. The van der Waals surface area contributed by atoms with Gasteiger partial charge in [0.2, 0.25) is 0 Å². The topological polar surface area (TPSA) is 71.8 Å². The SMILES string of the molecule is Cc1cc(OCc2ccccn2)ccc1-c1cc(OC[C@H]2COCCO2)n(C)c(=O)c1. The summed E-state index contributed by atoms with van der Waals surface area (Å²) in [7, 11) is 1.70. The van der Waals surface area contributed by atoms with Gasteiger partial charge in [-0.25, -0.2) is 0 Å². The average molecular weight is 422 g/mol. The fourth-order valence-electron chi connectivity index (χ4n) is 3.41. The summed E-state index contributed by atoms with van der Waals surface area (Å²) in [5.41, 5.74) is 3.48. The second-order valence-electron chi connectivity index (χ2n) is 7.44. The van der Waals surface area contributed by atoms with E-state index in [-0.39, 0.29) is 11.7 Å². The molecule has 3 aromatic rings. The van der Waals surface area contributed by atoms with E-state index in [9.17, 15) is 4.79 Å². The van der Waals surface area contributed by atoms with Crippen LogP contribution in [0.3, 0.4) is 0 Å². The van der Waals surface area contributed by atoms with E-state index in [4.69, 9.17) is 18.9 Å². The highest BCUT2D eigenvalue weighted by Gasteiger charge is 2.16. The zero-order valence-electron chi connectivity index (χ0n) is 17.7. The van der Waals surface area contributed by atoms with Crippen LogP contribution in [0.5, 0.6) is 11.6 Å². The molecule has 7 heteroatoms. The maximum Gasteiger partial charge on any atom is 0.253 e. The van der Waals surface area contributed by atoms with E-state index >= 15 is 0 Å². The van der Waals surface area contributed by atoms with Crippen molar-refractivity contribution >= 4 is 0 Å². The molecule has 1 aromatic carbocycles. The number of nitrogens with zero attached hydrogens (tertiary/aromatic N) is 2. The van der Waals surface area contributed by atoms with E-state index in [1.54, 1.807) is 19.3 Å². The molecule has 1 fully saturated rings. The summed E-state index contributed by atoms with van der Waals surface area (Å²) < 4.78 is 24.3. The normalized spacial score (nSPS) is 16.1. The van der Waals surface area contributed by atoms with E-state index in [2.05, 4.69) is 4.98 Å². The summed E-state index contributed by atoms with van der Waals surface area (Å²) in [6.45, 7) is 4.37. The predicted octanol–water partition coefficient (Wildman–Crippen LogP) is 3.13. The molecular formula is C24H26N2O5. The second kappa shape index (κ2) is 9.76. The van der Waals surface area contributed by atoms with Gasteiger partial charge in [-0.05, 0) is 47.9 Å². The van der Waals surface area contributed by atoms with Gasteiger partial charge < -0.3 is 18.9 Å². The minimum absolute atomic E-state index is 0.134. The highest BCUT2D eigenvalue weighted by atomic mass is 16.6. The third-order valence-corrected chi connectivity index (χ3v) is 5.14. The van der Waals surface area contributed by atoms with Gasteiger partial charge in [-0.2, -0.15) is 0 Å². The molecule has 1 saturated heterocycles. The number of aryl methyl sites for hydroxylation is 1. The Balaban J connectivity index is 1.50. The lowest BCUT2D eigenvalue weighted by Crippen LogP contribution is -2.34. The van der Waals surface area contributed by atoms with Crippen molar-refractivity contribution in [2.75, 3.05) is 26.4 Å². The van der Waals surface area contributed by atoms with Crippen LogP contribution in [0.1, 0.15) is 11.3 Å². The van der Waals surface area contributed by atoms with Crippen LogP contribution in [0.15, 0.2) is 59.5 Å². The van der Waals surface area contributed by atoms with Crippen molar-refractivity contribution in [3.63, 3.8) is 0 Å². The van der Waals surface area contributed by atoms with Crippen molar-refractivity contribution < 1.29 is 18.9 Å². The molecule has 1 aliphatic heterocycles. The van der Waals surface area contributed by atoms with E-state index in [1.165, 1.54) is 4.57 Å². The number of benzene rings is 1. The standard InChI is InChI=1S/C24H26N2O5/c1-17-11-20(30-14-19-5-3-4-8-25-19)6-7-22(17)18-12-23(27)26(2)24(13-18)31-16-21-15-28-9-10-29-21/h3-8,11-13,21H,9-10,14-16H2,1-2H3/t21-/m1/s1. The zero-order chi connectivity index (χ0) is 21.6. The Bertz CT molecular complexity index is 1080. The first-order chi connectivity index (χ1) is 15.1. The number of rotatable bonds is 7. The summed E-state index contributed by atoms with van der Waals surface area (Å²) in [5.74, 6) is 1.24. The summed E-state index contributed by atoms with van der Waals surface area (Å²) in [6, 6.07) is 15.0. The first-order valence-electron chi connectivity index (χ1n) is 10.3. The van der Waals surface area contributed by atoms with Gasteiger partial charge >= 0.3 is 0 Å². The lowest BCUT2D eigenvalue weighted by atomic mass is 10.0. The van der Waals surface area contributed by atoms with Gasteiger partial charge in [-0.15, -0.1) is 0 Å². The van der Waals surface area contributed by atoms with Crippen LogP contribution in [0.2, 0.25) is 0 Å². The zero-order valence-corrected chi connectivity index (χ0v) is 17.7. The van der Waals surface area contributed by atoms with E-state index in [1.807, 2.05) is 49.4 Å². The van der Waals surface area contributed by atoms with Gasteiger partial charge in [-0.3, -0.25) is 14.3 Å². The van der Waals surface area contributed by atoms with Crippen LogP contribution in [0, 0.1) is 6.92 Å². The van der Waals surface area contributed by atoms with Gasteiger partial charge in [0.05, 0.1) is 25.5 Å². The van der Waals surface area contributed by atoms with Gasteiger partial charge in [-0.1, -0.05) is 12.1 Å². The van der Waals surface area contributed by atoms with Gasteiger partial charge in [0.25, 0.3) is 5.56 Å². The fraction of sp³-hybridized carbons (Fsp3) is 0.333. The van der Waals surface area contributed by atoms with Crippen LogP contribution in [0.25, 0.3) is 11.1 Å². The van der Waals surface area contributed by atoms with Crippen molar-refractivity contribution in [3.05, 3.63) is 76.3 Å². The molecule has 7 nitrogen and oxygen atoms in total. The number of hydrogen-bond donors (Lipinski definition) is 0. The molecular weight excluding hydrogens is 396 g/mol. The summed E-state index contributed by atoms with van der Waals surface area (Å²) in [4.78, 5) is 16.8. The minimum Gasteiger partial charge on any atom is -0.487 e. The molecule has 0 radical (unpaired) electrons. The second-order valence-corrected chi connectivity index (χ2v) is 7.44. The largest absolute Gasteiger partial charge is 0.487 e. The molecule has 0 N–H and O–H groups in total. The third-order valence-electron chi connectivity index (χ3n) is 5.14. The van der Waals surface area contributed by atoms with Gasteiger partial charge in [0.1, 0.15) is 25.1 Å². The van der Waals surface area contributed by atoms with Crippen LogP contribution in [0.4, 0.5) is 0 Å². The Morgan fingerprint density at radius 3 is 2.77 bits per heavy atom. The lowest BCUT2D eigenvalue weighted by Gasteiger charge is -2.23. The van der Waals surface area contributed by atoms with Crippen LogP contribution in [-0.4, -0.2) is 42.1 Å². The smallest absolute Gasteiger partial charge is 0.253 e. The van der Waals surface area contributed by atoms with Gasteiger partial charge in [0.15, 0.2) is 5.88 Å². The number of aromatic nitrogens is 2. The Hall–Kier alpha value is -3.16. The van der Waals surface area contributed by atoms with Crippen molar-refractivity contribution in [1.82, 2.24) is 9.55 Å². The van der Waals surface area contributed by atoms with E-state index < -0.39 is 0 Å². The molecule has 1 aliphatic rings. The van der Waals surface area contributed by atoms with Gasteiger partial charge in [0, 0.05) is 25.4 Å². The van der Waals surface area contributed by atoms with Crippen molar-refractivity contribution in [1.29, 1.82) is 0 Å². The van der Waals surface area contributed by atoms with Crippen LogP contribution in [-0.2, 0) is 23.1 Å². The first kappa shape index (κ1) is 21.1. The van der Waals surface area contributed by atoms with Crippen molar-refractivity contribution in [3.8, 4) is 22.8 Å². The molecule has 162 valence electrons. The lowest BCUT2D eigenvalue weighted by molar-refractivity contribution is -0.102. The Kier molecular flexibility index (Phi) is 6.64. The summed E-state index contributed by atoms with van der Waals surface area (Å²) in [5, 5.41) is 0. The summed E-state index contributed by atoms with van der Waals surface area (Å²) in [6.07, 6.45) is 1.61. The van der Waals surface area contributed by atoms with E-state index in [0.717, 1.165) is 28.1 Å². The molecule has 0 spiro atoms. The molecule has 0 bridgehead atoms. The molecule has 4 rings (SSSR count). The Morgan fingerprint density at radius 1 is 1.13 bits per heavy atom. The molecule has 0 amide bonds. The molecule has 31 heavy (non-hydrogen) atoms. The number of hydrogen-bond acceptors (Lipinski definition) is 6.